The largest absolute Gasteiger partial charge is 0.493 e. The summed E-state index contributed by atoms with van der Waals surface area (Å²) < 4.78 is 12.3. The van der Waals surface area contributed by atoms with Gasteiger partial charge in [0.15, 0.2) is 11.5 Å². The van der Waals surface area contributed by atoms with Crippen molar-refractivity contribution in [3.8, 4) is 11.5 Å². The average Bonchev–Trinajstić information content (AvgIpc) is 2.74. The number of hydrogen-bond donors (Lipinski definition) is 1. The van der Waals surface area contributed by atoms with Crippen molar-refractivity contribution in [3.63, 3.8) is 0 Å². The van der Waals surface area contributed by atoms with Gasteiger partial charge in [0.25, 0.3) is 5.91 Å². The van der Waals surface area contributed by atoms with Crippen LogP contribution in [0.3, 0.4) is 0 Å². The van der Waals surface area contributed by atoms with E-state index in [9.17, 15) is 9.59 Å². The number of nitrogens with zero attached hydrogens (tertiary/aromatic N) is 2. The van der Waals surface area contributed by atoms with Crippen LogP contribution >= 0.6 is 38.5 Å². The number of rotatable bonds is 6. The number of halogens is 2. The second-order valence-electron chi connectivity index (χ2n) is 5.87. The molecular formula is C21H15BrIN3O4. The molecule has 0 saturated carbocycles. The molecule has 2 aromatic carbocycles. The number of hydrazone groups is 1. The molecule has 152 valence electrons. The predicted molar refractivity (Wildman–Crippen MR) is 124 cm³/mol. The normalized spacial score (nSPS) is 10.6. The predicted octanol–water partition coefficient (Wildman–Crippen LogP) is 4.44. The van der Waals surface area contributed by atoms with Gasteiger partial charge in [-0.2, -0.15) is 5.10 Å². The highest BCUT2D eigenvalue weighted by Crippen LogP contribution is 2.29. The highest BCUT2D eigenvalue weighted by molar-refractivity contribution is 14.1. The zero-order valence-electron chi connectivity index (χ0n) is 15.6. The first-order valence-electron chi connectivity index (χ1n) is 8.56. The summed E-state index contributed by atoms with van der Waals surface area (Å²) in [6, 6.07) is 13.7. The second-order valence-corrected chi connectivity index (χ2v) is 7.95. The van der Waals surface area contributed by atoms with Crippen LogP contribution in [0.1, 0.15) is 26.3 Å². The zero-order valence-corrected chi connectivity index (χ0v) is 19.4. The van der Waals surface area contributed by atoms with Crippen molar-refractivity contribution in [3.05, 3.63) is 85.7 Å². The summed E-state index contributed by atoms with van der Waals surface area (Å²) in [6.07, 6.45) is 4.48. The fourth-order valence-electron chi connectivity index (χ4n) is 2.40. The number of carbonyl (C=O) groups excluding carboxylic acids is 2. The number of hydrogen-bond acceptors (Lipinski definition) is 6. The molecule has 0 aliphatic rings. The van der Waals surface area contributed by atoms with Crippen molar-refractivity contribution in [2.24, 2.45) is 5.10 Å². The van der Waals surface area contributed by atoms with E-state index in [2.05, 4.69) is 54.0 Å². The first kappa shape index (κ1) is 21.9. The van der Waals surface area contributed by atoms with E-state index in [4.69, 9.17) is 9.47 Å². The minimum Gasteiger partial charge on any atom is -0.493 e. The van der Waals surface area contributed by atoms with Gasteiger partial charge < -0.3 is 9.47 Å². The van der Waals surface area contributed by atoms with Crippen LogP contribution in [-0.2, 0) is 0 Å². The molecule has 0 atom stereocenters. The van der Waals surface area contributed by atoms with Crippen LogP contribution in [0.25, 0.3) is 0 Å². The summed E-state index contributed by atoms with van der Waals surface area (Å²) in [6.45, 7) is 0. The number of ether oxygens (including phenoxy) is 2. The number of esters is 1. The van der Waals surface area contributed by atoms with E-state index in [0.29, 0.717) is 26.9 Å². The highest BCUT2D eigenvalue weighted by Gasteiger charge is 2.15. The van der Waals surface area contributed by atoms with E-state index in [0.717, 1.165) is 3.57 Å². The molecule has 0 radical (unpaired) electrons. The van der Waals surface area contributed by atoms with Crippen LogP contribution in [0.4, 0.5) is 0 Å². The van der Waals surface area contributed by atoms with Crippen molar-refractivity contribution < 1.29 is 19.1 Å². The molecule has 0 aliphatic carbocycles. The quantitative estimate of drug-likeness (QED) is 0.153. The van der Waals surface area contributed by atoms with E-state index < -0.39 is 11.9 Å². The maximum atomic E-state index is 12.4. The number of methoxy groups -OCH3 is 1. The molecule has 1 aromatic heterocycles. The molecule has 0 saturated heterocycles. The first-order valence-corrected chi connectivity index (χ1v) is 10.4. The van der Waals surface area contributed by atoms with Gasteiger partial charge in [0, 0.05) is 20.4 Å². The molecule has 9 heteroatoms. The summed E-state index contributed by atoms with van der Waals surface area (Å²) in [5.74, 6) is -0.228. The molecule has 7 nitrogen and oxygen atoms in total. The molecule has 3 rings (SSSR count). The van der Waals surface area contributed by atoms with Crippen molar-refractivity contribution in [1.29, 1.82) is 0 Å². The average molecular weight is 580 g/mol. The number of pyridine rings is 1. The third-order valence-corrected chi connectivity index (χ3v) is 5.21. The monoisotopic (exact) mass is 579 g/mol. The van der Waals surface area contributed by atoms with Crippen LogP contribution in [0.15, 0.2) is 70.5 Å². The van der Waals surface area contributed by atoms with Crippen molar-refractivity contribution in [1.82, 2.24) is 10.4 Å². The van der Waals surface area contributed by atoms with Crippen molar-refractivity contribution in [2.45, 2.75) is 0 Å². The number of amides is 1. The second kappa shape index (κ2) is 10.3. The van der Waals surface area contributed by atoms with Gasteiger partial charge in [0.2, 0.25) is 0 Å². The Labute approximate surface area is 194 Å². The van der Waals surface area contributed by atoms with Gasteiger partial charge in [-0.05, 0) is 80.5 Å². The van der Waals surface area contributed by atoms with E-state index >= 15 is 0 Å². The summed E-state index contributed by atoms with van der Waals surface area (Å²) in [4.78, 5) is 28.4. The summed E-state index contributed by atoms with van der Waals surface area (Å²) >= 11 is 5.34. The molecular weight excluding hydrogens is 565 g/mol. The zero-order chi connectivity index (χ0) is 21.5. The Morgan fingerprint density at radius 3 is 2.67 bits per heavy atom. The van der Waals surface area contributed by atoms with Gasteiger partial charge in [0.05, 0.1) is 24.5 Å². The summed E-state index contributed by atoms with van der Waals surface area (Å²) in [5, 5.41) is 3.94. The van der Waals surface area contributed by atoms with Gasteiger partial charge in [-0.15, -0.1) is 0 Å². The van der Waals surface area contributed by atoms with Crippen molar-refractivity contribution in [2.75, 3.05) is 7.11 Å². The Bertz CT molecular complexity index is 1120. The lowest BCUT2D eigenvalue weighted by atomic mass is 10.2. The first-order chi connectivity index (χ1) is 14.5. The molecule has 0 bridgehead atoms. The lowest BCUT2D eigenvalue weighted by Crippen LogP contribution is -2.17. The van der Waals surface area contributed by atoms with E-state index in [-0.39, 0.29) is 5.75 Å². The number of carbonyl (C=O) groups is 2. The fraction of sp³-hybridized carbons (Fsp3) is 0.0476. The van der Waals surface area contributed by atoms with Gasteiger partial charge in [0.1, 0.15) is 0 Å². The third-order valence-electron chi connectivity index (χ3n) is 3.83. The van der Waals surface area contributed by atoms with Crippen molar-refractivity contribution >= 4 is 56.6 Å². The molecule has 0 aliphatic heterocycles. The van der Waals surface area contributed by atoms with E-state index in [1.165, 1.54) is 19.5 Å². The molecule has 1 amide bonds. The van der Waals surface area contributed by atoms with E-state index in [1.807, 2.05) is 12.1 Å². The van der Waals surface area contributed by atoms with Crippen LogP contribution in [-0.4, -0.2) is 30.2 Å². The van der Waals surface area contributed by atoms with Crippen LogP contribution in [0, 0.1) is 3.57 Å². The summed E-state index contributed by atoms with van der Waals surface area (Å²) in [5.41, 5.74) is 3.92. The molecule has 0 spiro atoms. The Kier molecular flexibility index (Phi) is 7.52. The third kappa shape index (κ3) is 5.63. The number of nitrogens with one attached hydrogen (secondary N) is 1. The van der Waals surface area contributed by atoms with Gasteiger partial charge in [-0.1, -0.05) is 12.1 Å². The Morgan fingerprint density at radius 1 is 1.13 bits per heavy atom. The molecule has 1 heterocycles. The smallest absolute Gasteiger partial charge is 0.344 e. The number of aromatic nitrogens is 1. The minimum atomic E-state index is -0.477. The van der Waals surface area contributed by atoms with Crippen LogP contribution < -0.4 is 14.9 Å². The maximum absolute atomic E-state index is 12.4. The Hall–Kier alpha value is -2.79. The molecule has 0 unspecified atom stereocenters. The Balaban J connectivity index is 1.69. The maximum Gasteiger partial charge on any atom is 0.344 e. The van der Waals surface area contributed by atoms with Gasteiger partial charge >= 0.3 is 5.97 Å². The topological polar surface area (TPSA) is 89.9 Å². The van der Waals surface area contributed by atoms with E-state index in [1.54, 1.807) is 42.6 Å². The summed E-state index contributed by atoms with van der Waals surface area (Å²) in [7, 11) is 1.47. The lowest BCUT2D eigenvalue weighted by Gasteiger charge is -2.10. The molecule has 3 aromatic rings. The molecule has 1 N–H and O–H groups in total. The van der Waals surface area contributed by atoms with Crippen LogP contribution in [0.2, 0.25) is 0 Å². The van der Waals surface area contributed by atoms with Gasteiger partial charge in [-0.25, -0.2) is 10.2 Å². The lowest BCUT2D eigenvalue weighted by molar-refractivity contribution is 0.0728. The SMILES string of the molecule is COc1cc(C=NNC(=O)c2cncc(Br)c2)ccc1OC(=O)c1ccccc1I. The van der Waals surface area contributed by atoms with Crippen LogP contribution in [0.5, 0.6) is 11.5 Å². The fourth-order valence-corrected chi connectivity index (χ4v) is 3.37. The minimum absolute atomic E-state index is 0.281. The Morgan fingerprint density at radius 2 is 1.93 bits per heavy atom. The van der Waals surface area contributed by atoms with Gasteiger partial charge in [-0.3, -0.25) is 9.78 Å². The molecule has 30 heavy (non-hydrogen) atoms. The highest BCUT2D eigenvalue weighted by atomic mass is 127. The number of benzene rings is 2. The molecule has 0 fully saturated rings. The standard InChI is InChI=1S/C21H15BrIN3O4/c1-29-19-8-13(10-25-26-20(27)14-9-15(22)12-24-11-14)6-7-18(19)30-21(28)16-4-2-3-5-17(16)23/h2-12H,1H3,(H,26,27).